The van der Waals surface area contributed by atoms with E-state index < -0.39 is 18.3 Å². The van der Waals surface area contributed by atoms with Crippen LogP contribution in [0.15, 0.2) is 24.3 Å². The second kappa shape index (κ2) is 4.08. The molecule has 2 N–H and O–H groups in total. The number of anilines is 1. The van der Waals surface area contributed by atoms with E-state index in [1.165, 1.54) is 24.3 Å². The summed E-state index contributed by atoms with van der Waals surface area (Å²) in [6.07, 6.45) is -2.17. The minimum Gasteiger partial charge on any atom is -0.508 e. The third-order valence-electron chi connectivity index (χ3n) is 2.64. The summed E-state index contributed by atoms with van der Waals surface area (Å²) in [5, 5.41) is 11.5. The van der Waals surface area contributed by atoms with Crippen molar-refractivity contribution in [1.82, 2.24) is 0 Å². The highest BCUT2D eigenvalue weighted by atomic mass is 19.3. The van der Waals surface area contributed by atoms with Gasteiger partial charge in [0.2, 0.25) is 12.3 Å². The van der Waals surface area contributed by atoms with Crippen LogP contribution in [0.3, 0.4) is 0 Å². The van der Waals surface area contributed by atoms with Crippen molar-refractivity contribution in [3.63, 3.8) is 0 Å². The smallest absolute Gasteiger partial charge is 0.242 e. The van der Waals surface area contributed by atoms with Crippen molar-refractivity contribution in [3.8, 4) is 5.75 Å². The van der Waals surface area contributed by atoms with Crippen molar-refractivity contribution in [3.05, 3.63) is 24.3 Å². The molecule has 16 heavy (non-hydrogen) atoms. The van der Waals surface area contributed by atoms with Gasteiger partial charge in [-0.3, -0.25) is 4.79 Å². The Hall–Kier alpha value is -1.65. The highest BCUT2D eigenvalue weighted by Crippen LogP contribution is 2.43. The number of benzene rings is 1. The normalized spacial score (nSPS) is 23.2. The fraction of sp³-hybridized carbons (Fsp3) is 0.364. The van der Waals surface area contributed by atoms with Crippen molar-refractivity contribution in [2.75, 3.05) is 5.32 Å². The first-order chi connectivity index (χ1) is 7.58. The minimum absolute atomic E-state index is 0.0925. The Morgan fingerprint density at radius 2 is 2.00 bits per heavy atom. The number of phenols is 1. The molecule has 0 unspecified atom stereocenters. The van der Waals surface area contributed by atoms with Gasteiger partial charge >= 0.3 is 0 Å². The SMILES string of the molecule is O=C(Nc1ccc(O)cc1)[C@H]1C[C@@H]1C(F)F. The number of carbonyl (C=O) groups excluding carboxylic acids is 1. The summed E-state index contributed by atoms with van der Waals surface area (Å²) in [5.74, 6) is -1.66. The largest absolute Gasteiger partial charge is 0.508 e. The van der Waals surface area contributed by atoms with E-state index in [-0.39, 0.29) is 18.1 Å². The lowest BCUT2D eigenvalue weighted by Gasteiger charge is -2.04. The van der Waals surface area contributed by atoms with E-state index in [1.54, 1.807) is 0 Å². The quantitative estimate of drug-likeness (QED) is 0.778. The molecule has 86 valence electrons. The molecular formula is C11H11F2NO2. The summed E-state index contributed by atoms with van der Waals surface area (Å²) in [4.78, 5) is 11.5. The van der Waals surface area contributed by atoms with Gasteiger partial charge in [-0.1, -0.05) is 0 Å². The molecule has 0 heterocycles. The number of halogens is 2. The van der Waals surface area contributed by atoms with Gasteiger partial charge in [0, 0.05) is 17.5 Å². The summed E-state index contributed by atoms with van der Waals surface area (Å²) < 4.78 is 24.4. The Balaban J connectivity index is 1.91. The van der Waals surface area contributed by atoms with Gasteiger partial charge in [-0.15, -0.1) is 0 Å². The molecular weight excluding hydrogens is 216 g/mol. The number of aromatic hydroxyl groups is 1. The number of carbonyl (C=O) groups is 1. The Kier molecular flexibility index (Phi) is 2.77. The first kappa shape index (κ1) is 10.9. The van der Waals surface area contributed by atoms with Gasteiger partial charge in [0.05, 0.1) is 0 Å². The van der Waals surface area contributed by atoms with Crippen molar-refractivity contribution in [1.29, 1.82) is 0 Å². The predicted octanol–water partition coefficient (Wildman–Crippen LogP) is 2.23. The number of amides is 1. The van der Waals surface area contributed by atoms with E-state index >= 15 is 0 Å². The predicted molar refractivity (Wildman–Crippen MR) is 54.3 cm³/mol. The van der Waals surface area contributed by atoms with Gasteiger partial charge in [-0.25, -0.2) is 8.78 Å². The average molecular weight is 227 g/mol. The second-order valence-electron chi connectivity index (χ2n) is 3.88. The summed E-state index contributed by atoms with van der Waals surface area (Å²) in [7, 11) is 0. The maximum absolute atomic E-state index is 12.2. The fourth-order valence-corrected chi connectivity index (χ4v) is 1.57. The van der Waals surface area contributed by atoms with Gasteiger partial charge < -0.3 is 10.4 Å². The van der Waals surface area contributed by atoms with E-state index in [0.717, 1.165) is 0 Å². The van der Waals surface area contributed by atoms with Crippen molar-refractivity contribution < 1.29 is 18.7 Å². The molecule has 1 aliphatic carbocycles. The molecule has 0 spiro atoms. The molecule has 1 aliphatic rings. The number of nitrogens with one attached hydrogen (secondary N) is 1. The lowest BCUT2D eigenvalue weighted by molar-refractivity contribution is -0.118. The monoisotopic (exact) mass is 227 g/mol. The lowest BCUT2D eigenvalue weighted by atomic mass is 10.2. The zero-order chi connectivity index (χ0) is 11.7. The van der Waals surface area contributed by atoms with E-state index in [1.807, 2.05) is 0 Å². The first-order valence-electron chi connectivity index (χ1n) is 4.96. The third kappa shape index (κ3) is 2.29. The van der Waals surface area contributed by atoms with E-state index in [4.69, 9.17) is 5.11 Å². The van der Waals surface area contributed by atoms with Crippen LogP contribution in [0.25, 0.3) is 0 Å². The van der Waals surface area contributed by atoms with E-state index in [0.29, 0.717) is 5.69 Å². The standard InChI is InChI=1S/C11H11F2NO2/c12-10(13)8-5-9(8)11(16)14-6-1-3-7(15)4-2-6/h1-4,8-10,15H,5H2,(H,14,16)/t8-,9-/m0/s1. The van der Waals surface area contributed by atoms with Gasteiger partial charge in [0.25, 0.3) is 0 Å². The van der Waals surface area contributed by atoms with Crippen LogP contribution >= 0.6 is 0 Å². The van der Waals surface area contributed by atoms with Gasteiger partial charge in [-0.05, 0) is 30.7 Å². The maximum atomic E-state index is 12.2. The Morgan fingerprint density at radius 1 is 1.38 bits per heavy atom. The molecule has 1 aromatic rings. The molecule has 0 bridgehead atoms. The Morgan fingerprint density at radius 3 is 2.50 bits per heavy atom. The number of phenolic OH excluding ortho intramolecular Hbond substituents is 1. The van der Waals surface area contributed by atoms with Crippen molar-refractivity contribution in [2.24, 2.45) is 11.8 Å². The van der Waals surface area contributed by atoms with Crippen molar-refractivity contribution in [2.45, 2.75) is 12.8 Å². The van der Waals surface area contributed by atoms with Crippen molar-refractivity contribution >= 4 is 11.6 Å². The topological polar surface area (TPSA) is 49.3 Å². The van der Waals surface area contributed by atoms with Crippen LogP contribution in [-0.2, 0) is 4.79 Å². The molecule has 0 aromatic heterocycles. The van der Waals surface area contributed by atoms with Crippen LogP contribution < -0.4 is 5.32 Å². The highest BCUT2D eigenvalue weighted by Gasteiger charge is 2.48. The Bertz CT molecular complexity index is 391. The number of rotatable bonds is 3. The van der Waals surface area contributed by atoms with Gasteiger partial charge in [-0.2, -0.15) is 0 Å². The zero-order valence-corrected chi connectivity index (χ0v) is 8.36. The Labute approximate surface area is 91.1 Å². The molecule has 1 amide bonds. The summed E-state index contributed by atoms with van der Waals surface area (Å²) >= 11 is 0. The number of hydrogen-bond acceptors (Lipinski definition) is 2. The van der Waals surface area contributed by atoms with Gasteiger partial charge in [0.1, 0.15) is 5.75 Å². The second-order valence-corrected chi connectivity index (χ2v) is 3.88. The van der Waals surface area contributed by atoms with Crippen LogP contribution in [0, 0.1) is 11.8 Å². The summed E-state index contributed by atoms with van der Waals surface area (Å²) in [6, 6.07) is 5.89. The van der Waals surface area contributed by atoms with Crippen LogP contribution in [-0.4, -0.2) is 17.4 Å². The minimum atomic E-state index is -2.42. The van der Waals surface area contributed by atoms with Crippen LogP contribution in [0.4, 0.5) is 14.5 Å². The fourth-order valence-electron chi connectivity index (χ4n) is 1.57. The highest BCUT2D eigenvalue weighted by molar-refractivity contribution is 5.94. The van der Waals surface area contributed by atoms with E-state index in [2.05, 4.69) is 5.32 Å². The van der Waals surface area contributed by atoms with E-state index in [9.17, 15) is 13.6 Å². The molecule has 1 saturated carbocycles. The first-order valence-corrected chi connectivity index (χ1v) is 4.96. The molecule has 1 aromatic carbocycles. The van der Waals surface area contributed by atoms with Crippen LogP contribution in [0.2, 0.25) is 0 Å². The zero-order valence-electron chi connectivity index (χ0n) is 8.36. The average Bonchev–Trinajstić information content (AvgIpc) is 3.01. The van der Waals surface area contributed by atoms with Crippen LogP contribution in [0.1, 0.15) is 6.42 Å². The molecule has 0 saturated heterocycles. The molecule has 2 rings (SSSR count). The van der Waals surface area contributed by atoms with Gasteiger partial charge in [0.15, 0.2) is 0 Å². The summed E-state index contributed by atoms with van der Waals surface area (Å²) in [6.45, 7) is 0. The van der Waals surface area contributed by atoms with Crippen LogP contribution in [0.5, 0.6) is 5.75 Å². The molecule has 1 fully saturated rings. The lowest BCUT2D eigenvalue weighted by Crippen LogP contribution is -2.16. The number of alkyl halides is 2. The molecule has 0 radical (unpaired) electrons. The molecule has 3 nitrogen and oxygen atoms in total. The third-order valence-corrected chi connectivity index (χ3v) is 2.64. The molecule has 2 atom stereocenters. The summed E-state index contributed by atoms with van der Waals surface area (Å²) in [5.41, 5.74) is 0.503. The maximum Gasteiger partial charge on any atom is 0.242 e. The molecule has 5 heteroatoms. The number of hydrogen-bond donors (Lipinski definition) is 2. The molecule has 0 aliphatic heterocycles.